The Kier molecular flexibility index (Phi) is 3.64. The molecular formula is C12H16ClN3O. The van der Waals surface area contributed by atoms with E-state index in [1.807, 2.05) is 13.0 Å². The van der Waals surface area contributed by atoms with Gasteiger partial charge in [0.2, 0.25) is 5.91 Å². The van der Waals surface area contributed by atoms with E-state index < -0.39 is 0 Å². The topological polar surface area (TPSA) is 68.0 Å². The van der Waals surface area contributed by atoms with Crippen molar-refractivity contribution in [1.29, 1.82) is 0 Å². The molecule has 92 valence electrons. The zero-order valence-electron chi connectivity index (χ0n) is 9.74. The molecule has 5 heteroatoms. The number of halogens is 1. The van der Waals surface area contributed by atoms with E-state index in [9.17, 15) is 4.79 Å². The van der Waals surface area contributed by atoms with Gasteiger partial charge in [-0.15, -0.1) is 0 Å². The SMILES string of the molecule is Cc1cnc(Cl)c(NC(=O)C2CCCC2N)c1. The quantitative estimate of drug-likeness (QED) is 0.794. The molecule has 1 aliphatic carbocycles. The second-order valence-electron chi connectivity index (χ2n) is 4.54. The van der Waals surface area contributed by atoms with Crippen LogP contribution in [0.15, 0.2) is 12.3 Å². The average molecular weight is 254 g/mol. The van der Waals surface area contributed by atoms with Gasteiger partial charge < -0.3 is 11.1 Å². The van der Waals surface area contributed by atoms with Gasteiger partial charge in [0.25, 0.3) is 0 Å². The molecule has 1 fully saturated rings. The van der Waals surface area contributed by atoms with Crippen LogP contribution in [0, 0.1) is 12.8 Å². The number of nitrogens with one attached hydrogen (secondary N) is 1. The summed E-state index contributed by atoms with van der Waals surface area (Å²) >= 11 is 5.93. The smallest absolute Gasteiger partial charge is 0.229 e. The van der Waals surface area contributed by atoms with Crippen molar-refractivity contribution < 1.29 is 4.79 Å². The number of carbonyl (C=O) groups excluding carboxylic acids is 1. The lowest BCUT2D eigenvalue weighted by Gasteiger charge is -2.15. The second kappa shape index (κ2) is 5.02. The van der Waals surface area contributed by atoms with Crippen molar-refractivity contribution in [2.24, 2.45) is 11.7 Å². The Morgan fingerprint density at radius 2 is 2.35 bits per heavy atom. The highest BCUT2D eigenvalue weighted by Crippen LogP contribution is 2.27. The van der Waals surface area contributed by atoms with Gasteiger partial charge in [-0.1, -0.05) is 18.0 Å². The summed E-state index contributed by atoms with van der Waals surface area (Å²) in [7, 11) is 0. The minimum Gasteiger partial charge on any atom is -0.327 e. The van der Waals surface area contributed by atoms with Crippen LogP contribution in [0.4, 0.5) is 5.69 Å². The van der Waals surface area contributed by atoms with Crippen LogP contribution in [0.5, 0.6) is 0 Å². The third-order valence-electron chi connectivity index (χ3n) is 3.14. The highest BCUT2D eigenvalue weighted by atomic mass is 35.5. The monoisotopic (exact) mass is 253 g/mol. The van der Waals surface area contributed by atoms with E-state index in [1.165, 1.54) is 0 Å². The molecule has 4 nitrogen and oxygen atoms in total. The summed E-state index contributed by atoms with van der Waals surface area (Å²) in [5, 5.41) is 3.13. The molecule has 0 spiro atoms. The van der Waals surface area contributed by atoms with E-state index in [1.54, 1.807) is 6.20 Å². The van der Waals surface area contributed by atoms with E-state index >= 15 is 0 Å². The van der Waals surface area contributed by atoms with Crippen LogP contribution < -0.4 is 11.1 Å². The van der Waals surface area contributed by atoms with E-state index in [2.05, 4.69) is 10.3 Å². The zero-order valence-corrected chi connectivity index (χ0v) is 10.5. The number of pyridine rings is 1. The Morgan fingerprint density at radius 3 is 3.00 bits per heavy atom. The Bertz CT molecular complexity index is 436. The molecule has 3 N–H and O–H groups in total. The summed E-state index contributed by atoms with van der Waals surface area (Å²) in [6.07, 6.45) is 4.44. The molecule has 1 amide bonds. The van der Waals surface area contributed by atoms with Gasteiger partial charge in [0.1, 0.15) is 0 Å². The average Bonchev–Trinajstić information content (AvgIpc) is 2.70. The molecule has 0 radical (unpaired) electrons. The molecule has 1 aromatic heterocycles. The van der Waals surface area contributed by atoms with Crippen LogP contribution in [0.25, 0.3) is 0 Å². The summed E-state index contributed by atoms with van der Waals surface area (Å²) in [6.45, 7) is 1.90. The van der Waals surface area contributed by atoms with Crippen molar-refractivity contribution in [1.82, 2.24) is 4.98 Å². The number of rotatable bonds is 2. The normalized spacial score (nSPS) is 23.7. The number of carbonyl (C=O) groups is 1. The number of hydrogen-bond acceptors (Lipinski definition) is 3. The molecular weight excluding hydrogens is 238 g/mol. The first-order valence-corrected chi connectivity index (χ1v) is 6.14. The summed E-state index contributed by atoms with van der Waals surface area (Å²) in [6, 6.07) is 1.78. The van der Waals surface area contributed by atoms with Crippen LogP contribution in [-0.2, 0) is 4.79 Å². The predicted octanol–water partition coefficient (Wildman–Crippen LogP) is 2.11. The number of nitrogens with zero attached hydrogens (tertiary/aromatic N) is 1. The van der Waals surface area contributed by atoms with Crippen LogP contribution in [0.1, 0.15) is 24.8 Å². The Hall–Kier alpha value is -1.13. The Morgan fingerprint density at radius 1 is 1.59 bits per heavy atom. The standard InChI is InChI=1S/C12H16ClN3O/c1-7-5-10(11(13)15-6-7)16-12(17)8-3-2-4-9(8)14/h5-6,8-9H,2-4,14H2,1H3,(H,16,17). The fraction of sp³-hybridized carbons (Fsp3) is 0.500. The first-order valence-electron chi connectivity index (χ1n) is 5.76. The van der Waals surface area contributed by atoms with Crippen molar-refractivity contribution in [3.05, 3.63) is 23.0 Å². The van der Waals surface area contributed by atoms with E-state index in [0.717, 1.165) is 24.8 Å². The Balaban J connectivity index is 2.10. The molecule has 1 aromatic rings. The van der Waals surface area contributed by atoms with Crippen LogP contribution in [0.2, 0.25) is 5.15 Å². The highest BCUT2D eigenvalue weighted by molar-refractivity contribution is 6.32. The number of aromatic nitrogens is 1. The minimum atomic E-state index is -0.105. The van der Waals surface area contributed by atoms with Crippen molar-refractivity contribution in [3.8, 4) is 0 Å². The van der Waals surface area contributed by atoms with Gasteiger partial charge in [0, 0.05) is 12.2 Å². The lowest BCUT2D eigenvalue weighted by molar-refractivity contribution is -0.120. The zero-order chi connectivity index (χ0) is 12.4. The van der Waals surface area contributed by atoms with Gasteiger partial charge >= 0.3 is 0 Å². The minimum absolute atomic E-state index is 0.0356. The number of nitrogens with two attached hydrogens (primary N) is 1. The van der Waals surface area contributed by atoms with E-state index in [0.29, 0.717) is 10.8 Å². The van der Waals surface area contributed by atoms with Gasteiger partial charge in [-0.25, -0.2) is 4.98 Å². The molecule has 2 unspecified atom stereocenters. The van der Waals surface area contributed by atoms with Gasteiger partial charge in [-0.05, 0) is 31.4 Å². The molecule has 1 aliphatic rings. The molecule has 1 saturated carbocycles. The first kappa shape index (κ1) is 12.3. The van der Waals surface area contributed by atoms with Crippen LogP contribution in [0.3, 0.4) is 0 Å². The maximum Gasteiger partial charge on any atom is 0.229 e. The van der Waals surface area contributed by atoms with Crippen LogP contribution in [-0.4, -0.2) is 16.9 Å². The Labute approximate surface area is 106 Å². The second-order valence-corrected chi connectivity index (χ2v) is 4.90. The molecule has 17 heavy (non-hydrogen) atoms. The summed E-state index contributed by atoms with van der Waals surface area (Å²) < 4.78 is 0. The third kappa shape index (κ3) is 2.76. The lowest BCUT2D eigenvalue weighted by Crippen LogP contribution is -2.34. The van der Waals surface area contributed by atoms with Crippen molar-refractivity contribution >= 4 is 23.2 Å². The molecule has 0 aliphatic heterocycles. The van der Waals surface area contributed by atoms with E-state index in [4.69, 9.17) is 17.3 Å². The number of amides is 1. The maximum atomic E-state index is 12.0. The number of hydrogen-bond donors (Lipinski definition) is 2. The van der Waals surface area contributed by atoms with Crippen molar-refractivity contribution in [3.63, 3.8) is 0 Å². The molecule has 2 rings (SSSR count). The number of anilines is 1. The third-order valence-corrected chi connectivity index (χ3v) is 3.44. The lowest BCUT2D eigenvalue weighted by atomic mass is 10.0. The van der Waals surface area contributed by atoms with Crippen LogP contribution >= 0.6 is 11.6 Å². The fourth-order valence-corrected chi connectivity index (χ4v) is 2.33. The van der Waals surface area contributed by atoms with Gasteiger partial charge in [0.15, 0.2) is 5.15 Å². The van der Waals surface area contributed by atoms with Gasteiger partial charge in [-0.3, -0.25) is 4.79 Å². The predicted molar refractivity (Wildman–Crippen MR) is 67.9 cm³/mol. The fourth-order valence-electron chi connectivity index (χ4n) is 2.18. The maximum absolute atomic E-state index is 12.0. The van der Waals surface area contributed by atoms with Crippen molar-refractivity contribution in [2.75, 3.05) is 5.32 Å². The number of aryl methyl sites for hydroxylation is 1. The molecule has 2 atom stereocenters. The molecule has 1 heterocycles. The summed E-state index contributed by atoms with van der Waals surface area (Å²) in [4.78, 5) is 16.0. The largest absolute Gasteiger partial charge is 0.327 e. The summed E-state index contributed by atoms with van der Waals surface area (Å²) in [5.41, 5.74) is 7.42. The van der Waals surface area contributed by atoms with Gasteiger partial charge in [0.05, 0.1) is 11.6 Å². The van der Waals surface area contributed by atoms with Crippen molar-refractivity contribution in [2.45, 2.75) is 32.2 Å². The van der Waals surface area contributed by atoms with Gasteiger partial charge in [-0.2, -0.15) is 0 Å². The summed E-state index contributed by atoms with van der Waals surface area (Å²) in [5.74, 6) is -0.157. The molecule has 0 saturated heterocycles. The molecule has 0 aromatic carbocycles. The first-order chi connectivity index (χ1) is 8.08. The van der Waals surface area contributed by atoms with E-state index in [-0.39, 0.29) is 17.9 Å². The molecule has 0 bridgehead atoms. The highest BCUT2D eigenvalue weighted by Gasteiger charge is 2.30.